The van der Waals surface area contributed by atoms with Crippen LogP contribution in [0.25, 0.3) is 0 Å². The maximum Gasteiger partial charge on any atom is 0.317 e. The van der Waals surface area contributed by atoms with Crippen LogP contribution in [0.5, 0.6) is 11.5 Å². The number of unbranched alkanes of at least 4 members (excludes halogenated alkanes) is 1. The van der Waals surface area contributed by atoms with Gasteiger partial charge in [0.2, 0.25) is 0 Å². The van der Waals surface area contributed by atoms with E-state index in [-0.39, 0.29) is 12.1 Å². The zero-order valence-electron chi connectivity index (χ0n) is 15.9. The molecule has 2 rings (SSSR count). The molecular formula is C19H31N3O3. The Balaban J connectivity index is 1.92. The number of methoxy groups -OCH3 is 2. The summed E-state index contributed by atoms with van der Waals surface area (Å²) in [5.74, 6) is 1.50. The minimum absolute atomic E-state index is 0.0208. The van der Waals surface area contributed by atoms with Gasteiger partial charge >= 0.3 is 6.03 Å². The number of amides is 2. The maximum absolute atomic E-state index is 12.6. The van der Waals surface area contributed by atoms with Gasteiger partial charge in [0.1, 0.15) is 11.5 Å². The molecule has 1 atom stereocenters. The van der Waals surface area contributed by atoms with E-state index in [9.17, 15) is 4.79 Å². The highest BCUT2D eigenvalue weighted by Gasteiger charge is 2.23. The molecule has 0 saturated carbocycles. The number of nitrogens with one attached hydrogen (secondary N) is 1. The molecule has 1 aliphatic heterocycles. The lowest BCUT2D eigenvalue weighted by molar-refractivity contribution is 0.136. The Hall–Kier alpha value is -1.95. The molecule has 2 amide bonds. The summed E-state index contributed by atoms with van der Waals surface area (Å²) in [6.07, 6.45) is 2.43. The fourth-order valence-corrected chi connectivity index (χ4v) is 3.09. The third kappa shape index (κ3) is 5.26. The highest BCUT2D eigenvalue weighted by Crippen LogP contribution is 2.29. The normalized spacial score (nSPS) is 16.4. The van der Waals surface area contributed by atoms with Crippen molar-refractivity contribution in [3.05, 3.63) is 23.8 Å². The summed E-state index contributed by atoms with van der Waals surface area (Å²) in [5.41, 5.74) is 0.914. The molecule has 0 aromatic heterocycles. The number of ether oxygens (including phenoxy) is 2. The summed E-state index contributed by atoms with van der Waals surface area (Å²) in [6, 6.07) is 5.45. The molecule has 0 bridgehead atoms. The minimum Gasteiger partial charge on any atom is -0.497 e. The Bertz CT molecular complexity index is 557. The molecule has 1 heterocycles. The van der Waals surface area contributed by atoms with Crippen LogP contribution in [-0.4, -0.2) is 62.8 Å². The predicted octanol–water partition coefficient (Wildman–Crippen LogP) is 2.89. The smallest absolute Gasteiger partial charge is 0.317 e. The van der Waals surface area contributed by atoms with Crippen molar-refractivity contribution >= 4 is 6.03 Å². The van der Waals surface area contributed by atoms with Crippen LogP contribution in [0.3, 0.4) is 0 Å². The van der Waals surface area contributed by atoms with Gasteiger partial charge in [0, 0.05) is 31.7 Å². The molecule has 1 aromatic carbocycles. The molecule has 1 aromatic rings. The molecule has 25 heavy (non-hydrogen) atoms. The number of urea groups is 1. The van der Waals surface area contributed by atoms with E-state index >= 15 is 0 Å². The second-order valence-corrected chi connectivity index (χ2v) is 6.46. The van der Waals surface area contributed by atoms with Gasteiger partial charge in [-0.05, 0) is 38.1 Å². The van der Waals surface area contributed by atoms with E-state index in [4.69, 9.17) is 9.47 Å². The Kier molecular flexibility index (Phi) is 7.37. The molecule has 1 N–H and O–H groups in total. The van der Waals surface area contributed by atoms with Crippen LogP contribution >= 0.6 is 0 Å². The van der Waals surface area contributed by atoms with Crippen LogP contribution in [0.4, 0.5) is 4.79 Å². The van der Waals surface area contributed by atoms with Gasteiger partial charge in [0.15, 0.2) is 0 Å². The molecule has 0 radical (unpaired) electrons. The number of piperazine rings is 1. The standard InChI is InChI=1S/C19H31N3O3/c1-5-6-9-21-10-12-22(13-11-21)19(23)20-15(2)17-14-16(24-3)7-8-18(17)25-4/h7-8,14-15H,5-6,9-13H2,1-4H3,(H,20,23). The van der Waals surface area contributed by atoms with Crippen LogP contribution in [0.1, 0.15) is 38.3 Å². The van der Waals surface area contributed by atoms with E-state index in [1.807, 2.05) is 30.0 Å². The summed E-state index contributed by atoms with van der Waals surface area (Å²) >= 11 is 0. The van der Waals surface area contributed by atoms with Gasteiger partial charge in [-0.25, -0.2) is 4.79 Å². The van der Waals surface area contributed by atoms with Crippen molar-refractivity contribution in [1.29, 1.82) is 0 Å². The molecular weight excluding hydrogens is 318 g/mol. The minimum atomic E-state index is -0.157. The van der Waals surface area contributed by atoms with E-state index in [1.165, 1.54) is 12.8 Å². The first-order valence-electron chi connectivity index (χ1n) is 9.08. The van der Waals surface area contributed by atoms with Gasteiger partial charge < -0.3 is 19.7 Å². The number of hydrogen-bond acceptors (Lipinski definition) is 4. The third-order valence-electron chi connectivity index (χ3n) is 4.73. The topological polar surface area (TPSA) is 54.0 Å². The summed E-state index contributed by atoms with van der Waals surface area (Å²) in [6.45, 7) is 8.75. The van der Waals surface area contributed by atoms with Gasteiger partial charge in [-0.2, -0.15) is 0 Å². The Labute approximate surface area is 151 Å². The Morgan fingerprint density at radius 2 is 1.92 bits per heavy atom. The molecule has 1 fully saturated rings. The summed E-state index contributed by atoms with van der Waals surface area (Å²) < 4.78 is 10.7. The molecule has 0 spiro atoms. The molecule has 1 aliphatic rings. The highest BCUT2D eigenvalue weighted by atomic mass is 16.5. The lowest BCUT2D eigenvalue weighted by Gasteiger charge is -2.35. The van der Waals surface area contributed by atoms with Crippen LogP contribution < -0.4 is 14.8 Å². The van der Waals surface area contributed by atoms with Crippen molar-refractivity contribution in [3.63, 3.8) is 0 Å². The van der Waals surface area contributed by atoms with E-state index in [0.29, 0.717) is 0 Å². The fourth-order valence-electron chi connectivity index (χ4n) is 3.09. The van der Waals surface area contributed by atoms with Crippen molar-refractivity contribution in [2.24, 2.45) is 0 Å². The average molecular weight is 349 g/mol. The zero-order chi connectivity index (χ0) is 18.2. The SMILES string of the molecule is CCCCN1CCN(C(=O)NC(C)c2cc(OC)ccc2OC)CC1. The quantitative estimate of drug-likeness (QED) is 0.822. The van der Waals surface area contributed by atoms with Crippen molar-refractivity contribution in [1.82, 2.24) is 15.1 Å². The largest absolute Gasteiger partial charge is 0.497 e. The van der Waals surface area contributed by atoms with Crippen molar-refractivity contribution in [3.8, 4) is 11.5 Å². The van der Waals surface area contributed by atoms with Gasteiger partial charge in [-0.15, -0.1) is 0 Å². The molecule has 6 nitrogen and oxygen atoms in total. The average Bonchev–Trinajstić information content (AvgIpc) is 2.66. The Morgan fingerprint density at radius 1 is 1.20 bits per heavy atom. The fraction of sp³-hybridized carbons (Fsp3) is 0.632. The molecule has 0 aliphatic carbocycles. The summed E-state index contributed by atoms with van der Waals surface area (Å²) in [7, 11) is 3.27. The number of nitrogens with zero attached hydrogens (tertiary/aromatic N) is 2. The monoisotopic (exact) mass is 349 g/mol. The lowest BCUT2D eigenvalue weighted by atomic mass is 10.1. The van der Waals surface area contributed by atoms with E-state index in [0.717, 1.165) is 49.8 Å². The maximum atomic E-state index is 12.6. The first-order chi connectivity index (χ1) is 12.1. The lowest BCUT2D eigenvalue weighted by Crippen LogP contribution is -2.52. The first kappa shape index (κ1) is 19.4. The molecule has 1 saturated heterocycles. The highest BCUT2D eigenvalue weighted by molar-refractivity contribution is 5.75. The summed E-state index contributed by atoms with van der Waals surface area (Å²) in [4.78, 5) is 16.9. The number of carbonyl (C=O) groups is 1. The molecule has 6 heteroatoms. The number of rotatable bonds is 7. The van der Waals surface area contributed by atoms with E-state index in [2.05, 4.69) is 17.1 Å². The van der Waals surface area contributed by atoms with Gasteiger partial charge in [0.25, 0.3) is 0 Å². The molecule has 140 valence electrons. The van der Waals surface area contributed by atoms with Crippen molar-refractivity contribution in [2.75, 3.05) is 46.9 Å². The Morgan fingerprint density at radius 3 is 2.52 bits per heavy atom. The van der Waals surface area contributed by atoms with Gasteiger partial charge in [-0.1, -0.05) is 13.3 Å². The van der Waals surface area contributed by atoms with Crippen molar-refractivity contribution in [2.45, 2.75) is 32.7 Å². The van der Waals surface area contributed by atoms with Crippen LogP contribution in [-0.2, 0) is 0 Å². The van der Waals surface area contributed by atoms with Gasteiger partial charge in [0.05, 0.1) is 20.3 Å². The second-order valence-electron chi connectivity index (χ2n) is 6.46. The predicted molar refractivity (Wildman–Crippen MR) is 99.4 cm³/mol. The zero-order valence-corrected chi connectivity index (χ0v) is 15.9. The number of hydrogen-bond donors (Lipinski definition) is 1. The van der Waals surface area contributed by atoms with Gasteiger partial charge in [-0.3, -0.25) is 4.90 Å². The third-order valence-corrected chi connectivity index (χ3v) is 4.73. The number of benzene rings is 1. The van der Waals surface area contributed by atoms with Crippen molar-refractivity contribution < 1.29 is 14.3 Å². The van der Waals surface area contributed by atoms with Crippen LogP contribution in [0, 0.1) is 0 Å². The molecule has 1 unspecified atom stereocenters. The van der Waals surface area contributed by atoms with Crippen LogP contribution in [0.15, 0.2) is 18.2 Å². The first-order valence-corrected chi connectivity index (χ1v) is 9.08. The summed E-state index contributed by atoms with van der Waals surface area (Å²) in [5, 5.41) is 3.08. The second kappa shape index (κ2) is 9.51. The van der Waals surface area contributed by atoms with E-state index in [1.54, 1.807) is 14.2 Å². The van der Waals surface area contributed by atoms with Crippen LogP contribution in [0.2, 0.25) is 0 Å². The number of carbonyl (C=O) groups excluding carboxylic acids is 1. The van der Waals surface area contributed by atoms with E-state index < -0.39 is 0 Å².